The molecule has 0 heterocycles. The number of benzene rings is 1. The van der Waals surface area contributed by atoms with Crippen LogP contribution in [0.2, 0.25) is 5.02 Å². The minimum atomic E-state index is -0.173. The summed E-state index contributed by atoms with van der Waals surface area (Å²) in [6.45, 7) is 0. The fourth-order valence-corrected chi connectivity index (χ4v) is 3.56. The van der Waals surface area contributed by atoms with E-state index in [-0.39, 0.29) is 17.7 Å². The Morgan fingerprint density at radius 1 is 1.33 bits per heavy atom. The van der Waals surface area contributed by atoms with Crippen LogP contribution in [0.25, 0.3) is 0 Å². The van der Waals surface area contributed by atoms with Gasteiger partial charge in [0.05, 0.1) is 10.6 Å². The van der Waals surface area contributed by atoms with Gasteiger partial charge in [-0.25, -0.2) is 0 Å². The number of nitrogens with one attached hydrogen (secondary N) is 1. The molecule has 2 N–H and O–H groups in total. The maximum Gasteiger partial charge on any atom is 0.253 e. The maximum atomic E-state index is 12.1. The molecule has 4 heteroatoms. The number of carbonyl (C=O) groups excluding carboxylic acids is 1. The Balaban J connectivity index is 1.73. The van der Waals surface area contributed by atoms with Crippen LogP contribution in [-0.4, -0.2) is 17.1 Å². The first-order valence-corrected chi connectivity index (χ1v) is 6.80. The van der Waals surface area contributed by atoms with Gasteiger partial charge in [-0.2, -0.15) is 0 Å². The molecule has 3 nitrogen and oxygen atoms in total. The van der Waals surface area contributed by atoms with Gasteiger partial charge in [0.2, 0.25) is 0 Å². The predicted octanol–water partition coefficient (Wildman–Crippen LogP) is 2.96. The third kappa shape index (κ3) is 2.07. The number of rotatable bonds is 2. The lowest BCUT2D eigenvalue weighted by Gasteiger charge is -2.23. The fourth-order valence-electron chi connectivity index (χ4n) is 3.35. The summed E-state index contributed by atoms with van der Waals surface area (Å²) in [6.07, 6.45) is 4.87. The molecule has 0 aromatic heterocycles. The zero-order valence-electron chi connectivity index (χ0n) is 10.0. The van der Waals surface area contributed by atoms with Crippen LogP contribution in [0.15, 0.2) is 18.2 Å². The molecule has 3 rings (SSSR count). The highest BCUT2D eigenvalue weighted by Gasteiger charge is 2.40. The third-order valence-corrected chi connectivity index (χ3v) is 4.58. The van der Waals surface area contributed by atoms with Crippen molar-refractivity contribution in [3.05, 3.63) is 28.8 Å². The van der Waals surface area contributed by atoms with Gasteiger partial charge in [-0.05, 0) is 49.3 Å². The minimum Gasteiger partial charge on any atom is -0.508 e. The highest BCUT2D eigenvalue weighted by Crippen LogP contribution is 2.44. The van der Waals surface area contributed by atoms with E-state index in [1.54, 1.807) is 6.07 Å². The summed E-state index contributed by atoms with van der Waals surface area (Å²) in [5, 5.41) is 12.9. The number of phenols is 1. The van der Waals surface area contributed by atoms with E-state index in [0.29, 0.717) is 16.5 Å². The lowest BCUT2D eigenvalue weighted by atomic mass is 9.95. The molecule has 1 aromatic carbocycles. The van der Waals surface area contributed by atoms with Crippen molar-refractivity contribution in [1.82, 2.24) is 5.32 Å². The Bertz CT molecular complexity index is 489. The second-order valence-corrected chi connectivity index (χ2v) is 5.83. The van der Waals surface area contributed by atoms with Crippen LogP contribution < -0.4 is 5.32 Å². The molecule has 1 amide bonds. The molecule has 0 saturated heterocycles. The smallest absolute Gasteiger partial charge is 0.253 e. The molecule has 3 unspecified atom stereocenters. The van der Waals surface area contributed by atoms with Crippen molar-refractivity contribution in [3.63, 3.8) is 0 Å². The first kappa shape index (κ1) is 11.8. The summed E-state index contributed by atoms with van der Waals surface area (Å²) in [4.78, 5) is 12.1. The summed E-state index contributed by atoms with van der Waals surface area (Å²) >= 11 is 5.98. The van der Waals surface area contributed by atoms with E-state index in [2.05, 4.69) is 5.32 Å². The fraction of sp³-hybridized carbons (Fsp3) is 0.500. The molecular weight excluding hydrogens is 250 g/mol. The van der Waals surface area contributed by atoms with Gasteiger partial charge in [-0.3, -0.25) is 4.79 Å². The van der Waals surface area contributed by atoms with Crippen molar-refractivity contribution in [2.75, 3.05) is 0 Å². The highest BCUT2D eigenvalue weighted by molar-refractivity contribution is 6.33. The van der Waals surface area contributed by atoms with Crippen LogP contribution in [0.5, 0.6) is 5.75 Å². The molecule has 0 radical (unpaired) electrons. The number of hydrogen-bond donors (Lipinski definition) is 2. The van der Waals surface area contributed by atoms with E-state index in [9.17, 15) is 9.90 Å². The Labute approximate surface area is 111 Å². The van der Waals surface area contributed by atoms with Crippen LogP contribution in [0.1, 0.15) is 36.0 Å². The van der Waals surface area contributed by atoms with Gasteiger partial charge in [-0.1, -0.05) is 18.0 Å². The van der Waals surface area contributed by atoms with Crippen molar-refractivity contribution in [1.29, 1.82) is 0 Å². The normalized spacial score (nSPS) is 29.5. The van der Waals surface area contributed by atoms with Gasteiger partial charge < -0.3 is 10.4 Å². The topological polar surface area (TPSA) is 49.3 Å². The third-order valence-electron chi connectivity index (χ3n) is 4.25. The zero-order valence-corrected chi connectivity index (χ0v) is 10.8. The molecule has 0 spiro atoms. The molecule has 2 aliphatic rings. The van der Waals surface area contributed by atoms with Crippen LogP contribution >= 0.6 is 11.6 Å². The largest absolute Gasteiger partial charge is 0.508 e. The number of amides is 1. The Morgan fingerprint density at radius 2 is 2.17 bits per heavy atom. The molecule has 18 heavy (non-hydrogen) atoms. The Morgan fingerprint density at radius 3 is 2.83 bits per heavy atom. The molecule has 2 bridgehead atoms. The molecule has 1 aromatic rings. The zero-order chi connectivity index (χ0) is 12.7. The van der Waals surface area contributed by atoms with Crippen molar-refractivity contribution in [3.8, 4) is 5.75 Å². The van der Waals surface area contributed by atoms with E-state index in [1.165, 1.54) is 31.4 Å². The second kappa shape index (κ2) is 4.47. The van der Waals surface area contributed by atoms with Gasteiger partial charge >= 0.3 is 0 Å². The van der Waals surface area contributed by atoms with E-state index < -0.39 is 0 Å². The van der Waals surface area contributed by atoms with Crippen molar-refractivity contribution in [2.45, 2.75) is 31.7 Å². The van der Waals surface area contributed by atoms with Crippen molar-refractivity contribution in [2.24, 2.45) is 11.8 Å². The second-order valence-electron chi connectivity index (χ2n) is 5.42. The van der Waals surface area contributed by atoms with Crippen molar-refractivity contribution >= 4 is 17.5 Å². The summed E-state index contributed by atoms with van der Waals surface area (Å²) in [5.41, 5.74) is 0.361. The molecule has 2 fully saturated rings. The summed E-state index contributed by atoms with van der Waals surface area (Å²) in [7, 11) is 0. The highest BCUT2D eigenvalue weighted by atomic mass is 35.5. The van der Waals surface area contributed by atoms with Gasteiger partial charge in [0, 0.05) is 6.04 Å². The van der Waals surface area contributed by atoms with E-state index in [1.807, 2.05) is 0 Å². The molecule has 2 saturated carbocycles. The van der Waals surface area contributed by atoms with E-state index in [0.717, 1.165) is 12.3 Å². The summed E-state index contributed by atoms with van der Waals surface area (Å²) < 4.78 is 0. The van der Waals surface area contributed by atoms with Crippen LogP contribution in [-0.2, 0) is 0 Å². The van der Waals surface area contributed by atoms with Crippen LogP contribution in [0.4, 0.5) is 0 Å². The minimum absolute atomic E-state index is 0.0671. The number of fused-ring (bicyclic) bond motifs is 2. The Hall–Kier alpha value is -1.22. The number of aromatic hydroxyl groups is 1. The van der Waals surface area contributed by atoms with Gasteiger partial charge in [0.15, 0.2) is 0 Å². The first-order chi connectivity index (χ1) is 8.63. The van der Waals surface area contributed by atoms with E-state index in [4.69, 9.17) is 11.6 Å². The average molecular weight is 266 g/mol. The number of carbonyl (C=O) groups is 1. The molecular formula is C14H16ClNO2. The van der Waals surface area contributed by atoms with E-state index >= 15 is 0 Å². The monoisotopic (exact) mass is 265 g/mol. The SMILES string of the molecule is O=C(NC1CC2CCC1C2)c1cc(O)ccc1Cl. The average Bonchev–Trinajstić information content (AvgIpc) is 2.94. The summed E-state index contributed by atoms with van der Waals surface area (Å²) in [5.74, 6) is 1.32. The number of phenolic OH excluding ortho intramolecular Hbond substituents is 1. The molecule has 3 atom stereocenters. The molecule has 96 valence electrons. The van der Waals surface area contributed by atoms with Gasteiger partial charge in [0.25, 0.3) is 5.91 Å². The Kier molecular flexibility index (Phi) is 2.94. The molecule has 0 aliphatic heterocycles. The lowest BCUT2D eigenvalue weighted by Crippen LogP contribution is -2.38. The maximum absolute atomic E-state index is 12.1. The quantitative estimate of drug-likeness (QED) is 0.864. The van der Waals surface area contributed by atoms with Gasteiger partial charge in [-0.15, -0.1) is 0 Å². The number of hydrogen-bond acceptors (Lipinski definition) is 2. The van der Waals surface area contributed by atoms with Crippen molar-refractivity contribution < 1.29 is 9.90 Å². The first-order valence-electron chi connectivity index (χ1n) is 6.43. The van der Waals surface area contributed by atoms with Crippen LogP contribution in [0.3, 0.4) is 0 Å². The number of halogens is 1. The predicted molar refractivity (Wildman–Crippen MR) is 69.8 cm³/mol. The summed E-state index contributed by atoms with van der Waals surface area (Å²) in [6, 6.07) is 4.74. The lowest BCUT2D eigenvalue weighted by molar-refractivity contribution is 0.0922. The molecule has 2 aliphatic carbocycles. The standard InChI is InChI=1S/C14H16ClNO2/c15-12-4-3-10(17)7-11(12)14(18)16-13-6-8-1-2-9(13)5-8/h3-4,7-9,13,17H,1-2,5-6H2,(H,16,18). The van der Waals surface area contributed by atoms with Gasteiger partial charge in [0.1, 0.15) is 5.75 Å². The van der Waals surface area contributed by atoms with Crippen LogP contribution in [0, 0.1) is 11.8 Å².